The average Bonchev–Trinajstić information content (AvgIpc) is 3.23. The van der Waals surface area contributed by atoms with Crippen molar-refractivity contribution >= 4 is 5.96 Å². The van der Waals surface area contributed by atoms with Crippen molar-refractivity contribution in [2.75, 3.05) is 32.8 Å². The van der Waals surface area contributed by atoms with Crippen LogP contribution >= 0.6 is 0 Å². The second-order valence-corrected chi connectivity index (χ2v) is 6.07. The van der Waals surface area contributed by atoms with Gasteiger partial charge in [-0.2, -0.15) is 0 Å². The summed E-state index contributed by atoms with van der Waals surface area (Å²) in [5, 5.41) is 16.6. The lowest BCUT2D eigenvalue weighted by Gasteiger charge is -2.14. The number of aliphatic imine (C=N–C) groups is 1. The summed E-state index contributed by atoms with van der Waals surface area (Å²) >= 11 is 0. The maximum Gasteiger partial charge on any atom is 0.191 e. The summed E-state index contributed by atoms with van der Waals surface area (Å²) in [6.45, 7) is 8.77. The van der Waals surface area contributed by atoms with Gasteiger partial charge in [-0.25, -0.2) is 0 Å². The monoisotopic (exact) mass is 389 g/mol. The molecule has 0 spiro atoms. The van der Waals surface area contributed by atoms with Crippen molar-refractivity contribution in [1.29, 1.82) is 0 Å². The smallest absolute Gasteiger partial charge is 0.191 e. The van der Waals surface area contributed by atoms with Crippen molar-refractivity contribution in [1.82, 2.24) is 10.6 Å². The highest BCUT2D eigenvalue weighted by atomic mass is 16.5. The normalized spacial score (nSPS) is 12.5. The average molecular weight is 389 g/mol. The van der Waals surface area contributed by atoms with Crippen molar-refractivity contribution in [3.8, 4) is 11.5 Å². The summed E-state index contributed by atoms with van der Waals surface area (Å²) < 4.78 is 16.5. The minimum absolute atomic E-state index is 0.223. The van der Waals surface area contributed by atoms with E-state index >= 15 is 0 Å². The number of rotatable bonds is 11. The van der Waals surface area contributed by atoms with Gasteiger partial charge in [-0.3, -0.25) is 4.99 Å². The molecule has 1 heterocycles. The van der Waals surface area contributed by atoms with E-state index in [2.05, 4.69) is 15.6 Å². The summed E-state index contributed by atoms with van der Waals surface area (Å²) in [4.78, 5) is 4.43. The van der Waals surface area contributed by atoms with Gasteiger partial charge in [0.25, 0.3) is 0 Å². The first kappa shape index (κ1) is 21.6. The second kappa shape index (κ2) is 11.9. The Morgan fingerprint density at radius 3 is 2.57 bits per heavy atom. The van der Waals surface area contributed by atoms with Gasteiger partial charge in [0.15, 0.2) is 17.5 Å². The van der Waals surface area contributed by atoms with Crippen LogP contribution in [0, 0.1) is 0 Å². The van der Waals surface area contributed by atoms with Crippen LogP contribution in [0.4, 0.5) is 0 Å². The van der Waals surface area contributed by atoms with Gasteiger partial charge in [-0.05, 0) is 57.0 Å². The van der Waals surface area contributed by atoms with Gasteiger partial charge in [0.05, 0.1) is 26.0 Å². The van der Waals surface area contributed by atoms with E-state index in [9.17, 15) is 5.11 Å². The van der Waals surface area contributed by atoms with Gasteiger partial charge < -0.3 is 29.6 Å². The molecular weight excluding hydrogens is 358 g/mol. The van der Waals surface area contributed by atoms with E-state index in [1.54, 1.807) is 18.4 Å². The summed E-state index contributed by atoms with van der Waals surface area (Å²) in [5.74, 6) is 2.70. The fraction of sp³-hybridized carbons (Fsp3) is 0.476. The Hall–Kier alpha value is -2.67. The fourth-order valence-electron chi connectivity index (χ4n) is 2.67. The number of nitrogens with one attached hydrogen (secondary N) is 2. The highest BCUT2D eigenvalue weighted by Crippen LogP contribution is 2.28. The van der Waals surface area contributed by atoms with Crippen LogP contribution in [0.1, 0.15) is 38.2 Å². The maximum atomic E-state index is 10.1. The summed E-state index contributed by atoms with van der Waals surface area (Å²) in [6, 6.07) is 9.49. The lowest BCUT2D eigenvalue weighted by Crippen LogP contribution is -2.38. The number of benzene rings is 1. The molecule has 1 atom stereocenters. The third-order valence-electron chi connectivity index (χ3n) is 3.95. The molecule has 0 aliphatic carbocycles. The molecule has 7 nitrogen and oxygen atoms in total. The highest BCUT2D eigenvalue weighted by molar-refractivity contribution is 5.79. The minimum atomic E-state index is -0.759. The number of hydrogen-bond donors (Lipinski definition) is 3. The first-order valence-electron chi connectivity index (χ1n) is 9.80. The molecule has 2 aromatic rings. The lowest BCUT2D eigenvalue weighted by atomic mass is 10.1. The molecule has 3 N–H and O–H groups in total. The molecule has 1 unspecified atom stereocenters. The molecule has 0 saturated heterocycles. The Labute approximate surface area is 166 Å². The molecule has 154 valence electrons. The van der Waals surface area contributed by atoms with Gasteiger partial charge in [0, 0.05) is 13.1 Å². The lowest BCUT2D eigenvalue weighted by molar-refractivity contribution is 0.158. The molecule has 0 radical (unpaired) electrons. The van der Waals surface area contributed by atoms with Crippen LogP contribution in [-0.4, -0.2) is 43.9 Å². The predicted molar refractivity (Wildman–Crippen MR) is 110 cm³/mol. The third kappa shape index (κ3) is 6.81. The molecule has 0 amide bonds. The molecule has 0 bridgehead atoms. The van der Waals surface area contributed by atoms with Crippen molar-refractivity contribution in [3.63, 3.8) is 0 Å². The van der Waals surface area contributed by atoms with E-state index < -0.39 is 6.10 Å². The van der Waals surface area contributed by atoms with E-state index in [0.29, 0.717) is 31.5 Å². The molecule has 0 aliphatic rings. The van der Waals surface area contributed by atoms with E-state index in [-0.39, 0.29) is 6.54 Å². The number of aliphatic hydroxyl groups is 1. The Bertz CT molecular complexity index is 716. The number of ether oxygens (including phenoxy) is 2. The Morgan fingerprint density at radius 2 is 1.89 bits per heavy atom. The zero-order valence-electron chi connectivity index (χ0n) is 16.9. The van der Waals surface area contributed by atoms with Crippen LogP contribution in [0.2, 0.25) is 0 Å². The number of furan rings is 1. The Balaban J connectivity index is 1.91. The standard InChI is InChI=1S/C21H31N3O4/c1-4-22-21(24-15-17(25)18-8-7-13-28-18)23-12-11-16-9-10-19(26-5-2)20(14-16)27-6-3/h7-10,13-14,17,25H,4-6,11-12,15H2,1-3H3,(H2,22,23,24). The van der Waals surface area contributed by atoms with Crippen LogP contribution in [0.5, 0.6) is 11.5 Å². The predicted octanol–water partition coefficient (Wildman–Crippen LogP) is 2.91. The van der Waals surface area contributed by atoms with Crippen LogP contribution in [0.15, 0.2) is 46.0 Å². The molecular formula is C21H31N3O4. The van der Waals surface area contributed by atoms with Crippen molar-refractivity contribution in [2.24, 2.45) is 4.99 Å². The Morgan fingerprint density at radius 1 is 1.11 bits per heavy atom. The third-order valence-corrected chi connectivity index (χ3v) is 3.95. The first-order valence-corrected chi connectivity index (χ1v) is 9.80. The highest BCUT2D eigenvalue weighted by Gasteiger charge is 2.10. The van der Waals surface area contributed by atoms with E-state index in [1.807, 2.05) is 39.0 Å². The van der Waals surface area contributed by atoms with Gasteiger partial charge in [0.2, 0.25) is 0 Å². The van der Waals surface area contributed by atoms with Crippen LogP contribution < -0.4 is 20.1 Å². The van der Waals surface area contributed by atoms with Crippen molar-refractivity contribution in [3.05, 3.63) is 47.9 Å². The zero-order valence-corrected chi connectivity index (χ0v) is 16.9. The molecule has 28 heavy (non-hydrogen) atoms. The maximum absolute atomic E-state index is 10.1. The van der Waals surface area contributed by atoms with Crippen LogP contribution in [0.3, 0.4) is 0 Å². The quantitative estimate of drug-likeness (QED) is 0.405. The minimum Gasteiger partial charge on any atom is -0.490 e. The van der Waals surface area contributed by atoms with E-state index in [4.69, 9.17) is 13.9 Å². The molecule has 0 saturated carbocycles. The summed E-state index contributed by atoms with van der Waals surface area (Å²) in [7, 11) is 0. The number of hydrogen-bond acceptors (Lipinski definition) is 5. The zero-order chi connectivity index (χ0) is 20.2. The molecule has 1 aromatic carbocycles. The van der Waals surface area contributed by atoms with E-state index in [1.165, 1.54) is 0 Å². The fourth-order valence-corrected chi connectivity index (χ4v) is 2.67. The van der Waals surface area contributed by atoms with Gasteiger partial charge in [0.1, 0.15) is 11.9 Å². The van der Waals surface area contributed by atoms with Gasteiger partial charge in [-0.1, -0.05) is 6.07 Å². The van der Waals surface area contributed by atoms with Gasteiger partial charge >= 0.3 is 0 Å². The number of guanidine groups is 1. The molecule has 1 aromatic heterocycles. The summed E-state index contributed by atoms with van der Waals surface area (Å²) in [5.41, 5.74) is 1.14. The second-order valence-electron chi connectivity index (χ2n) is 6.07. The first-order chi connectivity index (χ1) is 13.7. The van der Waals surface area contributed by atoms with E-state index in [0.717, 1.165) is 30.0 Å². The SMILES string of the molecule is CCNC(=NCC(O)c1ccco1)NCCc1ccc(OCC)c(OCC)c1. The van der Waals surface area contributed by atoms with Gasteiger partial charge in [-0.15, -0.1) is 0 Å². The number of nitrogens with zero attached hydrogens (tertiary/aromatic N) is 1. The van der Waals surface area contributed by atoms with Crippen molar-refractivity contribution < 1.29 is 19.0 Å². The Kier molecular flexibility index (Phi) is 9.21. The number of aliphatic hydroxyl groups excluding tert-OH is 1. The van der Waals surface area contributed by atoms with Crippen molar-refractivity contribution in [2.45, 2.75) is 33.3 Å². The topological polar surface area (TPSA) is 88.3 Å². The molecule has 2 rings (SSSR count). The molecule has 0 fully saturated rings. The largest absolute Gasteiger partial charge is 0.490 e. The van der Waals surface area contributed by atoms with Crippen LogP contribution in [-0.2, 0) is 6.42 Å². The summed E-state index contributed by atoms with van der Waals surface area (Å²) in [6.07, 6.45) is 1.58. The van der Waals surface area contributed by atoms with Crippen LogP contribution in [0.25, 0.3) is 0 Å². The molecule has 0 aliphatic heterocycles. The molecule has 7 heteroatoms.